The van der Waals surface area contributed by atoms with Crippen LogP contribution in [0.3, 0.4) is 0 Å². The van der Waals surface area contributed by atoms with Crippen molar-refractivity contribution in [3.05, 3.63) is 108 Å². The van der Waals surface area contributed by atoms with Gasteiger partial charge in [-0.2, -0.15) is 0 Å². The molecular weight excluding hydrogens is 475 g/mol. The van der Waals surface area contributed by atoms with Crippen molar-refractivity contribution in [1.29, 1.82) is 5.41 Å². The van der Waals surface area contributed by atoms with Crippen LogP contribution in [0, 0.1) is 11.3 Å². The summed E-state index contributed by atoms with van der Waals surface area (Å²) in [5.74, 6) is -2.66. The van der Waals surface area contributed by atoms with Gasteiger partial charge in [-0.25, -0.2) is 14.6 Å². The molecule has 3 aromatic rings. The topological polar surface area (TPSA) is 131 Å². The highest BCUT2D eigenvalue weighted by Crippen LogP contribution is 2.54. The molecule has 36 heavy (non-hydrogen) atoms. The van der Waals surface area contributed by atoms with Gasteiger partial charge in [0.25, 0.3) is 0 Å². The molecule has 0 heterocycles. The fourth-order valence-corrected chi connectivity index (χ4v) is 5.58. The highest BCUT2D eigenvalue weighted by molar-refractivity contribution is 7.81. The second-order valence-corrected chi connectivity index (χ2v) is 11.2. The van der Waals surface area contributed by atoms with Gasteiger partial charge in [-0.05, 0) is 29.5 Å². The average molecular weight is 508 g/mol. The Morgan fingerprint density at radius 2 is 1.25 bits per heavy atom. The van der Waals surface area contributed by atoms with Gasteiger partial charge >= 0.3 is 13.7 Å². The van der Waals surface area contributed by atoms with Crippen LogP contribution in [-0.4, -0.2) is 44.4 Å². The summed E-state index contributed by atoms with van der Waals surface area (Å²) >= 11 is 0. The van der Waals surface area contributed by atoms with Crippen LogP contribution >= 0.6 is 7.72 Å². The number of carbonyl (C=O) groups excluding carboxylic acids is 1. The third kappa shape index (κ3) is 8.38. The van der Waals surface area contributed by atoms with E-state index in [1.807, 2.05) is 66.7 Å². The van der Waals surface area contributed by atoms with E-state index < -0.39 is 31.6 Å². The normalized spacial score (nSPS) is 12.9. The van der Waals surface area contributed by atoms with Crippen molar-refractivity contribution >= 4 is 25.0 Å². The fraction of sp³-hybridized carbons (Fsp3) is 0.250. The predicted octanol–water partition coefficient (Wildman–Crippen LogP) is 4.10. The van der Waals surface area contributed by atoms with Crippen molar-refractivity contribution in [2.45, 2.75) is 31.7 Å². The summed E-state index contributed by atoms with van der Waals surface area (Å²) in [4.78, 5) is 46.9. The lowest BCUT2D eigenvalue weighted by Crippen LogP contribution is -2.46. The number of carboxylic acid groups (broad SMARTS) is 1. The van der Waals surface area contributed by atoms with Crippen LogP contribution in [0.1, 0.15) is 23.1 Å². The van der Waals surface area contributed by atoms with Crippen molar-refractivity contribution in [3.8, 4) is 0 Å². The molecule has 2 atom stereocenters. The Kier molecular flexibility index (Phi) is 9.88. The van der Waals surface area contributed by atoms with Gasteiger partial charge in [0, 0.05) is 12.8 Å². The van der Waals surface area contributed by atoms with E-state index in [1.54, 1.807) is 24.3 Å². The van der Waals surface area contributed by atoms with Gasteiger partial charge in [0.1, 0.15) is 12.2 Å². The molecule has 0 saturated heterocycles. The van der Waals surface area contributed by atoms with Crippen molar-refractivity contribution in [2.75, 3.05) is 6.16 Å². The molecule has 2 unspecified atom stereocenters. The zero-order valence-electron chi connectivity index (χ0n) is 20.0. The molecule has 3 rings (SSSR count). The van der Waals surface area contributed by atoms with Gasteiger partial charge in [-0.3, -0.25) is 10.2 Å². The van der Waals surface area contributed by atoms with Gasteiger partial charge in [0.05, 0.1) is 5.92 Å². The van der Waals surface area contributed by atoms with Crippen LogP contribution in [-0.2, 0) is 28.9 Å². The van der Waals surface area contributed by atoms with E-state index in [2.05, 4.69) is 5.32 Å². The van der Waals surface area contributed by atoms with Crippen LogP contribution in [0.5, 0.6) is 0 Å². The van der Waals surface area contributed by atoms with Crippen LogP contribution < -0.4 is 5.32 Å². The molecule has 0 radical (unpaired) electrons. The Morgan fingerprint density at radius 3 is 1.75 bits per heavy atom. The SMILES string of the molecule is N=C(CCc1ccccc1)[P+](O)(O)CC(Cc1ccccc1)C(=O)NC(Cc1ccccc1)C(=O)O. The summed E-state index contributed by atoms with van der Waals surface area (Å²) in [6.07, 6.45) is 0.621. The van der Waals surface area contributed by atoms with Crippen molar-refractivity contribution in [1.82, 2.24) is 5.32 Å². The number of hydrogen-bond donors (Lipinski definition) is 5. The van der Waals surface area contributed by atoms with Gasteiger partial charge in [0.2, 0.25) is 11.4 Å². The monoisotopic (exact) mass is 507 g/mol. The summed E-state index contributed by atoms with van der Waals surface area (Å²) in [5, 5.41) is 20.6. The number of hydrogen-bond acceptors (Lipinski definition) is 5. The zero-order chi connectivity index (χ0) is 26.0. The van der Waals surface area contributed by atoms with Crippen LogP contribution in [0.25, 0.3) is 0 Å². The smallest absolute Gasteiger partial charge is 0.326 e. The molecule has 3 aromatic carbocycles. The number of aliphatic carboxylic acids is 1. The summed E-state index contributed by atoms with van der Waals surface area (Å²) in [5.41, 5.74) is 2.37. The molecule has 8 heteroatoms. The molecule has 0 spiro atoms. The van der Waals surface area contributed by atoms with Crippen molar-refractivity contribution < 1.29 is 24.5 Å². The zero-order valence-corrected chi connectivity index (χ0v) is 20.9. The highest BCUT2D eigenvalue weighted by Gasteiger charge is 2.44. The Hall–Kier alpha value is -3.38. The standard InChI is InChI=1S/C28H31N2O5P/c29-26(17-16-21-10-4-1-5-11-21)36(34,35)20-24(18-22-12-6-2-7-13-22)27(31)30-25(28(32)33)19-23-14-8-3-9-15-23/h1-15,24-25,29,34-35H,16-20H2,(H-,30,31,32,33)/p+1. The average Bonchev–Trinajstić information content (AvgIpc) is 2.88. The molecule has 0 aliphatic rings. The van der Waals surface area contributed by atoms with E-state index in [0.717, 1.165) is 16.7 Å². The summed E-state index contributed by atoms with van der Waals surface area (Å²) in [6.45, 7) is 0. The lowest BCUT2D eigenvalue weighted by molar-refractivity contribution is -0.142. The first-order valence-corrected chi connectivity index (χ1v) is 13.7. The number of carboxylic acids is 1. The highest BCUT2D eigenvalue weighted by atomic mass is 31.2. The number of carbonyl (C=O) groups is 2. The lowest BCUT2D eigenvalue weighted by atomic mass is 9.99. The summed E-state index contributed by atoms with van der Waals surface area (Å²) < 4.78 is 0. The maximum Gasteiger partial charge on any atom is 0.326 e. The molecule has 5 N–H and O–H groups in total. The second kappa shape index (κ2) is 13.1. The number of amides is 1. The first-order valence-electron chi connectivity index (χ1n) is 11.8. The molecule has 0 aliphatic heterocycles. The third-order valence-electron chi connectivity index (χ3n) is 5.99. The third-order valence-corrected chi connectivity index (χ3v) is 8.03. The molecular formula is C28H32N2O5P+. The molecule has 1 amide bonds. The Balaban J connectivity index is 1.73. The molecule has 0 aliphatic carbocycles. The van der Waals surface area contributed by atoms with Crippen molar-refractivity contribution in [2.24, 2.45) is 5.92 Å². The molecule has 0 aromatic heterocycles. The van der Waals surface area contributed by atoms with Gasteiger partial charge < -0.3 is 10.4 Å². The summed E-state index contributed by atoms with van der Waals surface area (Å²) in [6, 6.07) is 26.4. The molecule has 0 bridgehead atoms. The predicted molar refractivity (Wildman–Crippen MR) is 142 cm³/mol. The quantitative estimate of drug-likeness (QED) is 0.176. The fourth-order valence-electron chi connectivity index (χ4n) is 3.98. The van der Waals surface area contributed by atoms with Crippen LogP contribution in [0.4, 0.5) is 0 Å². The summed E-state index contributed by atoms with van der Waals surface area (Å²) in [7, 11) is -3.88. The van der Waals surface area contributed by atoms with Gasteiger partial charge in [-0.1, -0.05) is 91.0 Å². The van der Waals surface area contributed by atoms with E-state index in [-0.39, 0.29) is 30.9 Å². The van der Waals surface area contributed by atoms with Crippen molar-refractivity contribution in [3.63, 3.8) is 0 Å². The number of benzene rings is 3. The van der Waals surface area contributed by atoms with E-state index >= 15 is 0 Å². The first-order chi connectivity index (χ1) is 17.2. The van der Waals surface area contributed by atoms with E-state index in [9.17, 15) is 24.5 Å². The van der Waals surface area contributed by atoms with Gasteiger partial charge in [-0.15, -0.1) is 0 Å². The van der Waals surface area contributed by atoms with Gasteiger partial charge in [0.15, 0.2) is 0 Å². The largest absolute Gasteiger partial charge is 0.480 e. The second-order valence-electron chi connectivity index (χ2n) is 8.82. The molecule has 188 valence electrons. The minimum absolute atomic E-state index is 0.103. The Morgan fingerprint density at radius 1 is 0.778 bits per heavy atom. The number of aryl methyl sites for hydroxylation is 1. The van der Waals surface area contributed by atoms with Crippen LogP contribution in [0.2, 0.25) is 0 Å². The van der Waals surface area contributed by atoms with E-state index in [1.165, 1.54) is 0 Å². The Bertz CT molecular complexity index is 1140. The minimum atomic E-state index is -3.88. The molecule has 7 nitrogen and oxygen atoms in total. The Labute approximate surface area is 211 Å². The number of nitrogens with one attached hydrogen (secondary N) is 2. The minimum Gasteiger partial charge on any atom is -0.480 e. The lowest BCUT2D eigenvalue weighted by Gasteiger charge is -2.22. The van der Waals surface area contributed by atoms with Crippen LogP contribution in [0.15, 0.2) is 91.0 Å². The molecule has 0 saturated carbocycles. The maximum absolute atomic E-state index is 13.3. The van der Waals surface area contributed by atoms with E-state index in [4.69, 9.17) is 5.41 Å². The number of rotatable bonds is 13. The molecule has 0 fully saturated rings. The maximum atomic E-state index is 13.3. The first kappa shape index (κ1) is 27.2. The van der Waals surface area contributed by atoms with E-state index in [0.29, 0.717) is 6.42 Å².